The van der Waals surface area contributed by atoms with Crippen LogP contribution in [0.25, 0.3) is 11.0 Å². The maximum atomic E-state index is 5.51. The normalized spacial score (nSPS) is 15.6. The molecular formula is C13H15NO2. The minimum Gasteiger partial charge on any atom is -0.497 e. The zero-order valence-electron chi connectivity index (χ0n) is 9.32. The van der Waals surface area contributed by atoms with Crippen molar-refractivity contribution in [2.75, 3.05) is 7.11 Å². The van der Waals surface area contributed by atoms with Gasteiger partial charge in [-0.05, 0) is 31.0 Å². The fraction of sp³-hybridized carbons (Fsp3) is 0.385. The molecule has 1 aromatic carbocycles. The summed E-state index contributed by atoms with van der Waals surface area (Å²) in [7, 11) is 1.68. The molecule has 0 saturated heterocycles. The molecule has 1 aromatic heterocycles. The molecule has 1 fully saturated rings. The van der Waals surface area contributed by atoms with Gasteiger partial charge in [0.05, 0.1) is 13.4 Å². The van der Waals surface area contributed by atoms with Crippen molar-refractivity contribution in [1.29, 1.82) is 0 Å². The summed E-state index contributed by atoms with van der Waals surface area (Å²) < 4.78 is 10.7. The van der Waals surface area contributed by atoms with Crippen LogP contribution in [0.4, 0.5) is 0 Å². The van der Waals surface area contributed by atoms with E-state index in [0.29, 0.717) is 0 Å². The van der Waals surface area contributed by atoms with E-state index in [0.717, 1.165) is 29.3 Å². The van der Waals surface area contributed by atoms with E-state index in [4.69, 9.17) is 9.15 Å². The van der Waals surface area contributed by atoms with E-state index >= 15 is 0 Å². The maximum absolute atomic E-state index is 5.51. The zero-order chi connectivity index (χ0) is 11.0. The summed E-state index contributed by atoms with van der Waals surface area (Å²) in [5, 5.41) is 4.63. The Morgan fingerprint density at radius 1 is 1.44 bits per heavy atom. The molecule has 1 heterocycles. The van der Waals surface area contributed by atoms with Gasteiger partial charge in [-0.2, -0.15) is 0 Å². The van der Waals surface area contributed by atoms with E-state index in [-0.39, 0.29) is 0 Å². The van der Waals surface area contributed by atoms with Crippen molar-refractivity contribution in [2.45, 2.75) is 25.4 Å². The SMILES string of the molecule is COc1ccc2occ(CNC3CC3)c2c1. The number of rotatable bonds is 4. The molecular weight excluding hydrogens is 202 g/mol. The van der Waals surface area contributed by atoms with Crippen molar-refractivity contribution >= 4 is 11.0 Å². The fourth-order valence-electron chi connectivity index (χ4n) is 1.87. The smallest absolute Gasteiger partial charge is 0.134 e. The van der Waals surface area contributed by atoms with Crippen LogP contribution in [0, 0.1) is 0 Å². The standard InChI is InChI=1S/C13H15NO2/c1-15-11-4-5-13-12(6-11)9(8-16-13)7-14-10-2-3-10/h4-6,8,10,14H,2-3,7H2,1H3. The van der Waals surface area contributed by atoms with Gasteiger partial charge in [-0.1, -0.05) is 0 Å². The van der Waals surface area contributed by atoms with Crippen LogP contribution < -0.4 is 10.1 Å². The molecule has 3 heteroatoms. The average molecular weight is 217 g/mol. The highest BCUT2D eigenvalue weighted by atomic mass is 16.5. The molecule has 1 N–H and O–H groups in total. The molecule has 0 radical (unpaired) electrons. The van der Waals surface area contributed by atoms with Gasteiger partial charge in [-0.15, -0.1) is 0 Å². The summed E-state index contributed by atoms with van der Waals surface area (Å²) in [5.74, 6) is 0.876. The molecule has 1 saturated carbocycles. The predicted octanol–water partition coefficient (Wildman–Crippen LogP) is 2.69. The lowest BCUT2D eigenvalue weighted by molar-refractivity contribution is 0.415. The van der Waals surface area contributed by atoms with E-state index in [1.165, 1.54) is 18.4 Å². The largest absolute Gasteiger partial charge is 0.497 e. The molecule has 0 spiro atoms. The number of benzene rings is 1. The topological polar surface area (TPSA) is 34.4 Å². The number of ether oxygens (including phenoxy) is 1. The van der Waals surface area contributed by atoms with E-state index in [1.807, 2.05) is 24.5 Å². The van der Waals surface area contributed by atoms with Gasteiger partial charge >= 0.3 is 0 Å². The Morgan fingerprint density at radius 3 is 3.06 bits per heavy atom. The Morgan fingerprint density at radius 2 is 2.31 bits per heavy atom. The highest BCUT2D eigenvalue weighted by Gasteiger charge is 2.20. The zero-order valence-corrected chi connectivity index (χ0v) is 9.32. The summed E-state index contributed by atoms with van der Waals surface area (Å²) in [6.45, 7) is 0.880. The third-order valence-corrected chi connectivity index (χ3v) is 3.02. The van der Waals surface area contributed by atoms with Crippen LogP contribution in [0.3, 0.4) is 0 Å². The number of furan rings is 1. The van der Waals surface area contributed by atoms with E-state index in [9.17, 15) is 0 Å². The Bertz CT molecular complexity index is 500. The molecule has 0 atom stereocenters. The van der Waals surface area contributed by atoms with Crippen LogP contribution in [0.5, 0.6) is 5.75 Å². The molecule has 16 heavy (non-hydrogen) atoms. The predicted molar refractivity (Wildman–Crippen MR) is 62.6 cm³/mol. The first-order valence-corrected chi connectivity index (χ1v) is 5.64. The second kappa shape index (κ2) is 3.83. The molecule has 2 aromatic rings. The second-order valence-electron chi connectivity index (χ2n) is 4.28. The van der Waals surface area contributed by atoms with Crippen LogP contribution >= 0.6 is 0 Å². The summed E-state index contributed by atoms with van der Waals surface area (Å²) in [6, 6.07) is 6.62. The van der Waals surface area contributed by atoms with Gasteiger partial charge in [0.1, 0.15) is 11.3 Å². The van der Waals surface area contributed by atoms with E-state index in [1.54, 1.807) is 7.11 Å². The molecule has 0 bridgehead atoms. The van der Waals surface area contributed by atoms with Gasteiger partial charge in [0.25, 0.3) is 0 Å². The Balaban J connectivity index is 1.89. The van der Waals surface area contributed by atoms with Gasteiger partial charge in [0, 0.05) is 23.5 Å². The van der Waals surface area contributed by atoms with E-state index in [2.05, 4.69) is 5.32 Å². The Kier molecular flexibility index (Phi) is 2.33. The van der Waals surface area contributed by atoms with Crippen LogP contribution in [0.1, 0.15) is 18.4 Å². The van der Waals surface area contributed by atoms with Gasteiger partial charge < -0.3 is 14.5 Å². The maximum Gasteiger partial charge on any atom is 0.134 e. The van der Waals surface area contributed by atoms with Gasteiger partial charge in [0.15, 0.2) is 0 Å². The molecule has 0 aliphatic heterocycles. The molecule has 1 aliphatic rings. The van der Waals surface area contributed by atoms with E-state index < -0.39 is 0 Å². The van der Waals surface area contributed by atoms with Crippen LogP contribution in [-0.2, 0) is 6.54 Å². The summed E-state index contributed by atoms with van der Waals surface area (Å²) in [6.07, 6.45) is 4.44. The van der Waals surface area contributed by atoms with Gasteiger partial charge in [0.2, 0.25) is 0 Å². The molecule has 3 nitrogen and oxygen atoms in total. The van der Waals surface area contributed by atoms with Gasteiger partial charge in [-0.25, -0.2) is 0 Å². The Hall–Kier alpha value is -1.48. The first-order valence-electron chi connectivity index (χ1n) is 5.64. The van der Waals surface area contributed by atoms with Crippen molar-refractivity contribution in [3.63, 3.8) is 0 Å². The van der Waals surface area contributed by atoms with Crippen molar-refractivity contribution < 1.29 is 9.15 Å². The molecule has 84 valence electrons. The van der Waals surface area contributed by atoms with Crippen LogP contribution in [-0.4, -0.2) is 13.2 Å². The lowest BCUT2D eigenvalue weighted by Crippen LogP contribution is -2.14. The number of hydrogen-bond donors (Lipinski definition) is 1. The van der Waals surface area contributed by atoms with Gasteiger partial charge in [-0.3, -0.25) is 0 Å². The fourth-order valence-corrected chi connectivity index (χ4v) is 1.87. The Labute approximate surface area is 94.4 Å². The number of methoxy groups -OCH3 is 1. The molecule has 1 aliphatic carbocycles. The van der Waals surface area contributed by atoms with Crippen molar-refractivity contribution in [1.82, 2.24) is 5.32 Å². The minimum absolute atomic E-state index is 0.718. The third kappa shape index (κ3) is 1.78. The minimum atomic E-state index is 0.718. The number of fused-ring (bicyclic) bond motifs is 1. The van der Waals surface area contributed by atoms with Crippen molar-refractivity contribution in [3.05, 3.63) is 30.0 Å². The molecule has 3 rings (SSSR count). The number of hydrogen-bond acceptors (Lipinski definition) is 3. The lowest BCUT2D eigenvalue weighted by atomic mass is 10.1. The first kappa shape index (κ1) is 9.73. The summed E-state index contributed by atoms with van der Waals surface area (Å²) in [4.78, 5) is 0. The lowest BCUT2D eigenvalue weighted by Gasteiger charge is -2.01. The van der Waals surface area contributed by atoms with Crippen LogP contribution in [0.2, 0.25) is 0 Å². The van der Waals surface area contributed by atoms with Crippen molar-refractivity contribution in [2.24, 2.45) is 0 Å². The average Bonchev–Trinajstić information content (AvgIpc) is 3.06. The quantitative estimate of drug-likeness (QED) is 0.855. The molecule has 0 amide bonds. The van der Waals surface area contributed by atoms with Crippen molar-refractivity contribution in [3.8, 4) is 5.75 Å². The van der Waals surface area contributed by atoms with Crippen LogP contribution in [0.15, 0.2) is 28.9 Å². The molecule has 0 unspecified atom stereocenters. The summed E-state index contributed by atoms with van der Waals surface area (Å²) >= 11 is 0. The monoisotopic (exact) mass is 217 g/mol. The second-order valence-corrected chi connectivity index (χ2v) is 4.28. The third-order valence-electron chi connectivity index (χ3n) is 3.02. The first-order chi connectivity index (χ1) is 7.86. The number of nitrogens with one attached hydrogen (secondary N) is 1. The highest BCUT2D eigenvalue weighted by molar-refractivity contribution is 5.82. The highest BCUT2D eigenvalue weighted by Crippen LogP contribution is 2.27. The summed E-state index contributed by atoms with van der Waals surface area (Å²) in [5.41, 5.74) is 2.13.